The Balaban J connectivity index is 4.20. The summed E-state index contributed by atoms with van der Waals surface area (Å²) in [6.45, 7) is 12.9. The molecule has 4 nitrogen and oxygen atoms in total. The lowest BCUT2D eigenvalue weighted by Crippen LogP contribution is -2.49. The van der Waals surface area contributed by atoms with Crippen LogP contribution in [0.15, 0.2) is 0 Å². The second-order valence-corrected chi connectivity index (χ2v) is 5.62. The van der Waals surface area contributed by atoms with Crippen molar-refractivity contribution in [2.45, 2.75) is 59.5 Å². The number of hydrogen-bond acceptors (Lipinski definition) is 3. The molecule has 0 rings (SSSR count). The first kappa shape index (κ1) is 17.4. The van der Waals surface area contributed by atoms with E-state index in [0.717, 1.165) is 25.9 Å². The molecule has 0 aromatic rings. The average Bonchev–Trinajstić information content (AvgIpc) is 2.28. The maximum Gasteiger partial charge on any atom is 0.237 e. The fraction of sp³-hybridized carbons (Fsp3) is 0.929. The average molecular weight is 257 g/mol. The highest BCUT2D eigenvalue weighted by Gasteiger charge is 2.22. The van der Waals surface area contributed by atoms with Crippen LogP contribution >= 0.6 is 0 Å². The molecule has 1 atom stereocenters. The summed E-state index contributed by atoms with van der Waals surface area (Å²) in [6, 6.07) is 0.283. The Bertz CT molecular complexity index is 229. The van der Waals surface area contributed by atoms with E-state index in [1.807, 2.05) is 6.92 Å². The highest BCUT2D eigenvalue weighted by molar-refractivity contribution is 5.81. The Morgan fingerprint density at radius 2 is 1.83 bits per heavy atom. The van der Waals surface area contributed by atoms with Crippen molar-refractivity contribution in [2.24, 2.45) is 11.7 Å². The van der Waals surface area contributed by atoms with Gasteiger partial charge >= 0.3 is 0 Å². The number of nitrogens with one attached hydrogen (secondary N) is 1. The van der Waals surface area contributed by atoms with Crippen LogP contribution in [0.2, 0.25) is 0 Å². The van der Waals surface area contributed by atoms with Gasteiger partial charge in [0.2, 0.25) is 5.91 Å². The van der Waals surface area contributed by atoms with Gasteiger partial charge in [-0.3, -0.25) is 9.69 Å². The third kappa shape index (κ3) is 6.97. The molecule has 0 spiro atoms. The SMILES string of the molecule is CC(C)CCNC(=O)C(C)N(CCCN)C(C)C. The Hall–Kier alpha value is -0.610. The lowest BCUT2D eigenvalue weighted by molar-refractivity contribution is -0.126. The zero-order chi connectivity index (χ0) is 14.1. The molecule has 108 valence electrons. The summed E-state index contributed by atoms with van der Waals surface area (Å²) in [6.07, 6.45) is 1.96. The van der Waals surface area contributed by atoms with Crippen molar-refractivity contribution in [1.82, 2.24) is 10.2 Å². The lowest BCUT2D eigenvalue weighted by Gasteiger charge is -2.31. The molecule has 0 radical (unpaired) electrons. The molecule has 0 aliphatic heterocycles. The number of nitrogens with two attached hydrogens (primary N) is 1. The first-order chi connectivity index (χ1) is 8.40. The molecule has 0 heterocycles. The summed E-state index contributed by atoms with van der Waals surface area (Å²) >= 11 is 0. The van der Waals surface area contributed by atoms with Crippen LogP contribution in [0.3, 0.4) is 0 Å². The summed E-state index contributed by atoms with van der Waals surface area (Å²) in [5, 5.41) is 3.01. The van der Waals surface area contributed by atoms with Crippen LogP contribution in [-0.4, -0.2) is 42.5 Å². The van der Waals surface area contributed by atoms with Crippen molar-refractivity contribution in [3.63, 3.8) is 0 Å². The molecule has 0 fully saturated rings. The van der Waals surface area contributed by atoms with E-state index in [1.54, 1.807) is 0 Å². The number of rotatable bonds is 9. The Morgan fingerprint density at radius 3 is 2.28 bits per heavy atom. The van der Waals surface area contributed by atoms with Gasteiger partial charge in [-0.05, 0) is 46.1 Å². The number of amides is 1. The Kier molecular flexibility index (Phi) is 9.02. The summed E-state index contributed by atoms with van der Waals surface area (Å²) in [5.74, 6) is 0.750. The molecule has 0 aromatic heterocycles. The van der Waals surface area contributed by atoms with E-state index in [4.69, 9.17) is 5.73 Å². The maximum atomic E-state index is 12.0. The van der Waals surface area contributed by atoms with Crippen molar-refractivity contribution in [3.05, 3.63) is 0 Å². The summed E-state index contributed by atoms with van der Waals surface area (Å²) in [4.78, 5) is 14.3. The Morgan fingerprint density at radius 1 is 1.22 bits per heavy atom. The van der Waals surface area contributed by atoms with Gasteiger partial charge in [0.15, 0.2) is 0 Å². The van der Waals surface area contributed by atoms with Crippen molar-refractivity contribution in [3.8, 4) is 0 Å². The highest BCUT2D eigenvalue weighted by Crippen LogP contribution is 2.07. The number of nitrogens with zero attached hydrogens (tertiary/aromatic N) is 1. The molecular formula is C14H31N3O. The van der Waals surface area contributed by atoms with Crippen molar-refractivity contribution in [2.75, 3.05) is 19.6 Å². The van der Waals surface area contributed by atoms with Crippen molar-refractivity contribution in [1.29, 1.82) is 0 Å². The third-order valence-corrected chi connectivity index (χ3v) is 3.18. The molecule has 0 aliphatic rings. The van der Waals surface area contributed by atoms with Crippen LogP contribution in [0.5, 0.6) is 0 Å². The molecule has 1 amide bonds. The Labute approximate surface area is 112 Å². The van der Waals surface area contributed by atoms with Crippen molar-refractivity contribution >= 4 is 5.91 Å². The van der Waals surface area contributed by atoms with Crippen molar-refractivity contribution < 1.29 is 4.79 Å². The van der Waals surface area contributed by atoms with Gasteiger partial charge in [-0.25, -0.2) is 0 Å². The van der Waals surface area contributed by atoms with Gasteiger partial charge in [-0.2, -0.15) is 0 Å². The number of hydrogen-bond donors (Lipinski definition) is 2. The van der Waals surface area contributed by atoms with Crippen LogP contribution < -0.4 is 11.1 Å². The summed E-state index contributed by atoms with van der Waals surface area (Å²) < 4.78 is 0. The molecule has 0 saturated carbocycles. The normalized spacial score (nSPS) is 13.4. The molecule has 4 heteroatoms. The van der Waals surface area contributed by atoms with E-state index in [-0.39, 0.29) is 11.9 Å². The largest absolute Gasteiger partial charge is 0.355 e. The third-order valence-electron chi connectivity index (χ3n) is 3.18. The van der Waals surface area contributed by atoms with Crippen LogP contribution in [0.4, 0.5) is 0 Å². The standard InChI is InChI=1S/C14H31N3O/c1-11(2)7-9-16-14(18)13(5)17(12(3)4)10-6-8-15/h11-13H,6-10,15H2,1-5H3,(H,16,18). The van der Waals surface area contributed by atoms with E-state index in [2.05, 4.69) is 37.9 Å². The zero-order valence-corrected chi connectivity index (χ0v) is 12.7. The molecule has 0 aliphatic carbocycles. The van der Waals surface area contributed by atoms with Gasteiger partial charge in [0.25, 0.3) is 0 Å². The number of carbonyl (C=O) groups excluding carboxylic acids is 1. The lowest BCUT2D eigenvalue weighted by atomic mass is 10.1. The second-order valence-electron chi connectivity index (χ2n) is 5.62. The molecule has 0 bridgehead atoms. The van der Waals surface area contributed by atoms with Gasteiger partial charge in [0.05, 0.1) is 6.04 Å². The van der Waals surface area contributed by atoms with Gasteiger partial charge in [0, 0.05) is 19.1 Å². The molecule has 18 heavy (non-hydrogen) atoms. The summed E-state index contributed by atoms with van der Waals surface area (Å²) in [7, 11) is 0. The zero-order valence-electron chi connectivity index (χ0n) is 12.7. The smallest absolute Gasteiger partial charge is 0.237 e. The quantitative estimate of drug-likeness (QED) is 0.659. The first-order valence-corrected chi connectivity index (χ1v) is 7.13. The van der Waals surface area contributed by atoms with Crippen LogP contribution in [0.1, 0.15) is 47.5 Å². The molecule has 1 unspecified atom stereocenters. The fourth-order valence-corrected chi connectivity index (χ4v) is 1.96. The van der Waals surface area contributed by atoms with Gasteiger partial charge in [-0.15, -0.1) is 0 Å². The molecule has 0 aromatic carbocycles. The van der Waals surface area contributed by atoms with Crippen LogP contribution in [0, 0.1) is 5.92 Å². The summed E-state index contributed by atoms with van der Waals surface area (Å²) in [5.41, 5.74) is 5.54. The van der Waals surface area contributed by atoms with Crippen LogP contribution in [0.25, 0.3) is 0 Å². The minimum absolute atomic E-state index is 0.0799. The van der Waals surface area contributed by atoms with Gasteiger partial charge in [0.1, 0.15) is 0 Å². The van der Waals surface area contributed by atoms with E-state index in [0.29, 0.717) is 18.5 Å². The molecule has 0 saturated heterocycles. The minimum Gasteiger partial charge on any atom is -0.355 e. The minimum atomic E-state index is -0.0799. The molecular weight excluding hydrogens is 226 g/mol. The van der Waals surface area contributed by atoms with E-state index in [1.165, 1.54) is 0 Å². The predicted molar refractivity (Wildman–Crippen MR) is 77.4 cm³/mol. The first-order valence-electron chi connectivity index (χ1n) is 7.13. The van der Waals surface area contributed by atoms with Crippen LogP contribution in [-0.2, 0) is 4.79 Å². The maximum absolute atomic E-state index is 12.0. The van der Waals surface area contributed by atoms with Gasteiger partial charge < -0.3 is 11.1 Å². The predicted octanol–water partition coefficient (Wildman–Crippen LogP) is 1.60. The highest BCUT2D eigenvalue weighted by atomic mass is 16.2. The van der Waals surface area contributed by atoms with E-state index in [9.17, 15) is 4.79 Å². The second kappa shape index (κ2) is 9.34. The van der Waals surface area contributed by atoms with E-state index >= 15 is 0 Å². The van der Waals surface area contributed by atoms with E-state index < -0.39 is 0 Å². The topological polar surface area (TPSA) is 58.4 Å². The van der Waals surface area contributed by atoms with Gasteiger partial charge in [-0.1, -0.05) is 13.8 Å². The fourth-order valence-electron chi connectivity index (χ4n) is 1.96. The number of carbonyl (C=O) groups is 1. The molecule has 3 N–H and O–H groups in total. The monoisotopic (exact) mass is 257 g/mol.